The van der Waals surface area contributed by atoms with Crippen LogP contribution in [0.4, 0.5) is 0 Å². The monoisotopic (exact) mass is 480 g/mol. The first kappa shape index (κ1) is 29.1. The van der Waals surface area contributed by atoms with E-state index in [4.69, 9.17) is 26.6 Å². The van der Waals surface area contributed by atoms with Gasteiger partial charge in [-0.1, -0.05) is 6.42 Å². The van der Waals surface area contributed by atoms with E-state index in [9.17, 15) is 0 Å². The van der Waals surface area contributed by atoms with Crippen LogP contribution in [-0.4, -0.2) is 98.6 Å². The molecule has 1 aliphatic heterocycles. The molecule has 1 atom stereocenters. The quantitative estimate of drug-likeness (QED) is 0.277. The Morgan fingerprint density at radius 3 is 1.23 bits per heavy atom. The molecule has 8 nitrogen and oxygen atoms in total. The van der Waals surface area contributed by atoms with Crippen LogP contribution in [0.25, 0.3) is 0 Å². The van der Waals surface area contributed by atoms with Gasteiger partial charge in [0.2, 0.25) is 0 Å². The van der Waals surface area contributed by atoms with Crippen molar-refractivity contribution in [3.05, 3.63) is 0 Å². The lowest BCUT2D eigenvalue weighted by atomic mass is 10.1. The Balaban J connectivity index is 3.26. The molecule has 0 N–H and O–H groups in total. The molecular weight excluding hydrogens is 432 g/mol. The summed E-state index contributed by atoms with van der Waals surface area (Å²) < 4.78 is 37.2. The first-order valence-electron chi connectivity index (χ1n) is 12.3. The van der Waals surface area contributed by atoms with E-state index in [0.29, 0.717) is 52.0 Å². The van der Waals surface area contributed by atoms with E-state index in [2.05, 4.69) is 16.7 Å². The Morgan fingerprint density at radius 2 is 0.935 bits per heavy atom. The Hall–Kier alpha value is 0.114. The van der Waals surface area contributed by atoms with Crippen molar-refractivity contribution in [3.63, 3.8) is 0 Å². The summed E-state index contributed by atoms with van der Waals surface area (Å²) in [6.45, 7) is 19.8. The first-order chi connectivity index (χ1) is 14.9. The Kier molecular flexibility index (Phi) is 14.9. The Bertz CT molecular complexity index is 396. The maximum Gasteiger partial charge on any atom is 0.515 e. The summed E-state index contributed by atoms with van der Waals surface area (Å²) in [5.74, 6) is 0. The molecule has 1 rings (SSSR count). The maximum atomic E-state index is 6.20. The molecule has 0 aromatic heterocycles. The number of hydrogen-bond donors (Lipinski definition) is 0. The molecule has 1 saturated heterocycles. The van der Waals surface area contributed by atoms with Crippen molar-refractivity contribution in [1.29, 1.82) is 0 Å². The van der Waals surface area contributed by atoms with Crippen molar-refractivity contribution in [2.45, 2.75) is 73.9 Å². The molecule has 0 aromatic rings. The second kappa shape index (κ2) is 15.9. The third-order valence-corrected chi connectivity index (χ3v) is 11.4. The summed E-state index contributed by atoms with van der Waals surface area (Å²) in [6.07, 6.45) is 5.11. The zero-order valence-electron chi connectivity index (χ0n) is 21.1. The van der Waals surface area contributed by atoms with E-state index in [1.54, 1.807) is 0 Å². The normalized spacial score (nSPS) is 17.4. The SMILES string of the molecule is CCO[Si](CN(C[Si](OCC)(OCC)OCC)C(C)N1CCCCC1)(OCC)OCC. The summed E-state index contributed by atoms with van der Waals surface area (Å²) in [4.78, 5) is 4.92. The van der Waals surface area contributed by atoms with Crippen LogP contribution in [0.1, 0.15) is 67.7 Å². The second-order valence-corrected chi connectivity index (χ2v) is 12.7. The van der Waals surface area contributed by atoms with Crippen LogP contribution < -0.4 is 0 Å². The lowest BCUT2D eigenvalue weighted by molar-refractivity contribution is 0.000851. The molecule has 0 aromatic carbocycles. The van der Waals surface area contributed by atoms with Crippen molar-refractivity contribution in [2.24, 2.45) is 0 Å². The number of hydrogen-bond acceptors (Lipinski definition) is 8. The van der Waals surface area contributed by atoms with Gasteiger partial charge in [0.05, 0.1) is 18.5 Å². The van der Waals surface area contributed by atoms with Gasteiger partial charge in [-0.3, -0.25) is 9.80 Å². The van der Waals surface area contributed by atoms with Crippen molar-refractivity contribution >= 4 is 17.6 Å². The fourth-order valence-corrected chi connectivity index (χ4v) is 9.84. The molecule has 31 heavy (non-hydrogen) atoms. The van der Waals surface area contributed by atoms with E-state index in [1.807, 2.05) is 41.5 Å². The molecule has 0 radical (unpaired) electrons. The molecule has 1 aliphatic rings. The van der Waals surface area contributed by atoms with E-state index in [1.165, 1.54) is 19.3 Å². The van der Waals surface area contributed by atoms with Gasteiger partial charge in [0, 0.05) is 39.6 Å². The lowest BCUT2D eigenvalue weighted by Crippen LogP contribution is -2.65. The van der Waals surface area contributed by atoms with Gasteiger partial charge in [-0.05, 0) is 74.4 Å². The van der Waals surface area contributed by atoms with Crippen LogP contribution in [-0.2, 0) is 26.6 Å². The van der Waals surface area contributed by atoms with Crippen LogP contribution in [0.2, 0.25) is 0 Å². The zero-order chi connectivity index (χ0) is 23.2. The highest BCUT2D eigenvalue weighted by atomic mass is 28.4. The number of rotatable bonds is 18. The van der Waals surface area contributed by atoms with E-state index >= 15 is 0 Å². The molecule has 0 saturated carbocycles. The minimum atomic E-state index is -2.90. The third-order valence-electron chi connectivity index (χ3n) is 5.43. The molecule has 0 aliphatic carbocycles. The molecule has 0 bridgehead atoms. The predicted molar refractivity (Wildman–Crippen MR) is 128 cm³/mol. The van der Waals surface area contributed by atoms with Crippen molar-refractivity contribution < 1.29 is 26.6 Å². The average molecular weight is 481 g/mol. The van der Waals surface area contributed by atoms with E-state index in [-0.39, 0.29) is 6.17 Å². The van der Waals surface area contributed by atoms with Crippen molar-refractivity contribution in [1.82, 2.24) is 9.80 Å². The van der Waals surface area contributed by atoms with Gasteiger partial charge >= 0.3 is 17.6 Å². The smallest absolute Gasteiger partial charge is 0.373 e. The van der Waals surface area contributed by atoms with Crippen molar-refractivity contribution in [3.8, 4) is 0 Å². The lowest BCUT2D eigenvalue weighted by Gasteiger charge is -2.44. The Labute approximate surface area is 193 Å². The molecule has 1 fully saturated rings. The van der Waals surface area contributed by atoms with Crippen LogP contribution in [0.5, 0.6) is 0 Å². The minimum Gasteiger partial charge on any atom is -0.373 e. The van der Waals surface area contributed by atoms with Gasteiger partial charge in [0.15, 0.2) is 0 Å². The van der Waals surface area contributed by atoms with Gasteiger partial charge in [-0.2, -0.15) is 0 Å². The summed E-state index contributed by atoms with van der Waals surface area (Å²) >= 11 is 0. The molecule has 10 heteroatoms. The maximum absolute atomic E-state index is 6.20. The highest BCUT2D eigenvalue weighted by Gasteiger charge is 2.49. The number of likely N-dealkylation sites (tertiary alicyclic amines) is 1. The van der Waals surface area contributed by atoms with Crippen LogP contribution >= 0.6 is 0 Å². The first-order valence-corrected chi connectivity index (χ1v) is 16.1. The third kappa shape index (κ3) is 9.48. The van der Waals surface area contributed by atoms with Gasteiger partial charge in [-0.15, -0.1) is 0 Å². The number of nitrogens with zero attached hydrogens (tertiary/aromatic N) is 2. The molecule has 186 valence electrons. The van der Waals surface area contributed by atoms with Crippen LogP contribution in [0, 0.1) is 0 Å². The molecule has 0 spiro atoms. The summed E-state index contributed by atoms with van der Waals surface area (Å²) in [6, 6.07) is 0. The number of piperidine rings is 1. The highest BCUT2D eigenvalue weighted by molar-refractivity contribution is 6.62. The van der Waals surface area contributed by atoms with Crippen LogP contribution in [0.15, 0.2) is 0 Å². The molecular formula is C21H48N2O6Si2. The standard InChI is InChI=1S/C21H48N2O6Si2/c1-8-24-30(25-9-2,26-10-3)19-23(21(7)22-17-15-14-16-18-22)20-31(27-11-4,28-12-5)29-13-6/h21H,8-20H2,1-7H3. The predicted octanol–water partition coefficient (Wildman–Crippen LogP) is 3.30. The van der Waals surface area contributed by atoms with Gasteiger partial charge in [-0.25, -0.2) is 0 Å². The highest BCUT2D eigenvalue weighted by Crippen LogP contribution is 2.22. The Morgan fingerprint density at radius 1 is 0.613 bits per heavy atom. The largest absolute Gasteiger partial charge is 0.515 e. The van der Waals surface area contributed by atoms with Gasteiger partial charge in [0.25, 0.3) is 0 Å². The fraction of sp³-hybridized carbons (Fsp3) is 1.00. The van der Waals surface area contributed by atoms with E-state index in [0.717, 1.165) is 13.1 Å². The average Bonchev–Trinajstić information content (AvgIpc) is 2.74. The summed E-state index contributed by atoms with van der Waals surface area (Å²) in [5, 5.41) is 0. The molecule has 0 amide bonds. The van der Waals surface area contributed by atoms with Gasteiger partial charge < -0.3 is 26.6 Å². The van der Waals surface area contributed by atoms with E-state index < -0.39 is 17.6 Å². The molecule has 1 heterocycles. The molecule has 1 unspecified atom stereocenters. The summed E-state index contributed by atoms with van der Waals surface area (Å²) in [5.41, 5.74) is 0. The van der Waals surface area contributed by atoms with Crippen molar-refractivity contribution in [2.75, 3.05) is 65.1 Å². The topological polar surface area (TPSA) is 61.9 Å². The van der Waals surface area contributed by atoms with Gasteiger partial charge in [0.1, 0.15) is 0 Å². The minimum absolute atomic E-state index is 0.182. The zero-order valence-corrected chi connectivity index (χ0v) is 23.1. The second-order valence-electron chi connectivity index (χ2n) is 7.60. The summed E-state index contributed by atoms with van der Waals surface area (Å²) in [7, 11) is -5.80. The van der Waals surface area contributed by atoms with Crippen LogP contribution in [0.3, 0.4) is 0 Å². The fourth-order valence-electron chi connectivity index (χ4n) is 4.18.